The van der Waals surface area contributed by atoms with E-state index in [2.05, 4.69) is 45.0 Å². The predicted molar refractivity (Wildman–Crippen MR) is 190 cm³/mol. The Kier molecular flexibility index (Phi) is 9.21. The van der Waals surface area contributed by atoms with Crippen LogP contribution in [0.1, 0.15) is 29.3 Å². The van der Waals surface area contributed by atoms with Crippen LogP contribution in [0.5, 0.6) is 11.5 Å². The number of nitrogens with one attached hydrogen (secondary N) is 2. The quantitative estimate of drug-likeness (QED) is 0.214. The molecule has 2 saturated heterocycles. The van der Waals surface area contributed by atoms with Crippen molar-refractivity contribution in [1.82, 2.24) is 28.7 Å². The van der Waals surface area contributed by atoms with Crippen LogP contribution < -0.4 is 14.2 Å². The van der Waals surface area contributed by atoms with Gasteiger partial charge in [-0.25, -0.2) is 0 Å². The number of methoxy groups -OCH3 is 2. The number of carbonyl (C=O) groups excluding carboxylic acids is 2. The first-order chi connectivity index (χ1) is 24.5. The Labute approximate surface area is 295 Å². The number of para-hydroxylation sites is 1. The number of benzene rings is 2. The number of aromatic nitrogens is 1. The molecule has 0 aliphatic carbocycles. The molecule has 50 heavy (non-hydrogen) atoms. The highest BCUT2D eigenvalue weighted by molar-refractivity contribution is 7.95. The van der Waals surface area contributed by atoms with Crippen LogP contribution in [0.2, 0.25) is 0 Å². The first-order valence-corrected chi connectivity index (χ1v) is 17.9. The van der Waals surface area contributed by atoms with Gasteiger partial charge in [-0.1, -0.05) is 24.3 Å². The summed E-state index contributed by atoms with van der Waals surface area (Å²) in [4.78, 5) is 38.5. The summed E-state index contributed by atoms with van der Waals surface area (Å²) in [6, 6.07) is 13.2. The molecule has 2 amide bonds. The minimum absolute atomic E-state index is 0.0195. The summed E-state index contributed by atoms with van der Waals surface area (Å²) in [5.74, 6) is 1.35. The molecular weight excluding hydrogens is 657 g/mol. The second-order valence-electron chi connectivity index (χ2n) is 13.2. The molecule has 3 atom stereocenters. The maximum absolute atomic E-state index is 14.5. The maximum atomic E-state index is 14.5. The number of likely N-dealkylation sites (tertiary alicyclic amines) is 1. The summed E-state index contributed by atoms with van der Waals surface area (Å²) in [5, 5.41) is 1.11. The molecule has 0 spiro atoms. The van der Waals surface area contributed by atoms with Crippen molar-refractivity contribution in [2.24, 2.45) is 0 Å². The van der Waals surface area contributed by atoms with E-state index < -0.39 is 6.04 Å². The molecule has 6 heterocycles. The third-order valence-electron chi connectivity index (χ3n) is 10.1. The van der Waals surface area contributed by atoms with E-state index >= 15 is 0 Å². The van der Waals surface area contributed by atoms with Crippen LogP contribution in [0.15, 0.2) is 78.3 Å². The summed E-state index contributed by atoms with van der Waals surface area (Å²) in [6.07, 6.45) is 9.44. The molecule has 8 rings (SSSR count). The van der Waals surface area contributed by atoms with Gasteiger partial charge in [-0.3, -0.25) is 18.8 Å². The third-order valence-corrected chi connectivity index (χ3v) is 10.9. The zero-order valence-corrected chi connectivity index (χ0v) is 29.1. The first kappa shape index (κ1) is 32.8. The molecule has 12 nitrogen and oxygen atoms in total. The summed E-state index contributed by atoms with van der Waals surface area (Å²) in [6.45, 7) is 4.09. The first-order valence-electron chi connectivity index (χ1n) is 17.1. The molecule has 1 aromatic heterocycles. The second-order valence-corrected chi connectivity index (χ2v) is 14.0. The number of H-pyrrole nitrogens is 1. The van der Waals surface area contributed by atoms with E-state index in [1.165, 1.54) is 12.1 Å². The molecule has 5 aliphatic rings. The second kappa shape index (κ2) is 14.1. The number of fused-ring (bicyclic) bond motifs is 5. The van der Waals surface area contributed by atoms with Crippen molar-refractivity contribution in [1.29, 1.82) is 0 Å². The number of amides is 2. The van der Waals surface area contributed by atoms with Crippen molar-refractivity contribution in [2.75, 3.05) is 60.3 Å². The van der Waals surface area contributed by atoms with Gasteiger partial charge < -0.3 is 38.5 Å². The van der Waals surface area contributed by atoms with Gasteiger partial charge in [0.15, 0.2) is 11.5 Å². The van der Waals surface area contributed by atoms with Crippen molar-refractivity contribution in [3.05, 3.63) is 95.1 Å². The number of hydrogen-bond donors (Lipinski definition) is 2. The topological polar surface area (TPSA) is 112 Å². The van der Waals surface area contributed by atoms with Crippen molar-refractivity contribution in [3.8, 4) is 11.5 Å². The molecule has 0 radical (unpaired) electrons. The lowest BCUT2D eigenvalue weighted by Crippen LogP contribution is -2.65. The maximum Gasteiger partial charge on any atom is 0.246 e. The van der Waals surface area contributed by atoms with Gasteiger partial charge in [0.2, 0.25) is 11.8 Å². The molecule has 262 valence electrons. The van der Waals surface area contributed by atoms with E-state index in [-0.39, 0.29) is 30.4 Å². The lowest BCUT2D eigenvalue weighted by Gasteiger charge is -2.48. The lowest BCUT2D eigenvalue weighted by atomic mass is 9.85. The number of piperazine rings is 1. The Hall–Kier alpha value is -4.43. The van der Waals surface area contributed by atoms with E-state index in [9.17, 15) is 9.59 Å². The van der Waals surface area contributed by atoms with Crippen LogP contribution in [-0.4, -0.2) is 108 Å². The highest BCUT2D eigenvalue weighted by atomic mass is 32.2. The average Bonchev–Trinajstić information content (AvgIpc) is 3.88. The number of hydrogen-bond acceptors (Lipinski definition) is 10. The fourth-order valence-corrected chi connectivity index (χ4v) is 8.41. The Balaban J connectivity index is 1.01. The molecule has 2 aromatic carbocycles. The summed E-state index contributed by atoms with van der Waals surface area (Å²) in [5.41, 5.74) is 6.21. The van der Waals surface area contributed by atoms with Gasteiger partial charge in [-0.15, -0.1) is 0 Å². The van der Waals surface area contributed by atoms with E-state index in [1.807, 2.05) is 50.8 Å². The van der Waals surface area contributed by atoms with E-state index in [4.69, 9.17) is 18.9 Å². The minimum Gasteiger partial charge on any atom is -0.487 e. The number of nitrogens with zero attached hydrogens (tertiary/aromatic N) is 4. The number of carbonyl (C=O) groups is 2. The molecule has 2 fully saturated rings. The molecule has 0 unspecified atom stereocenters. The zero-order chi connectivity index (χ0) is 34.2. The molecule has 3 aromatic rings. The summed E-state index contributed by atoms with van der Waals surface area (Å²) < 4.78 is 27.5. The van der Waals surface area contributed by atoms with Crippen LogP contribution in [-0.2, 0) is 32.0 Å². The largest absolute Gasteiger partial charge is 0.487 e. The minimum atomic E-state index is -0.572. The number of ether oxygens (including phenoxy) is 4. The van der Waals surface area contributed by atoms with E-state index in [0.29, 0.717) is 57.4 Å². The predicted octanol–water partition coefficient (Wildman–Crippen LogP) is 3.89. The van der Waals surface area contributed by atoms with Gasteiger partial charge in [0, 0.05) is 75.3 Å². The normalized spacial score (nSPS) is 23.1. The fraction of sp³-hybridized carbons (Fsp3) is 0.405. The third kappa shape index (κ3) is 6.12. The van der Waals surface area contributed by atoms with Crippen LogP contribution in [0.4, 0.5) is 0 Å². The monoisotopic (exact) mass is 698 g/mol. The van der Waals surface area contributed by atoms with Crippen LogP contribution in [0.25, 0.3) is 10.9 Å². The SMILES string of the molecule is COCCOc1ccc(CN2CC[C@@H](N3CC(=O)N4[C@H](Cc5c([nH]c6ccccc56)[C@H]4C4=CC5=CNSN5C=C4)C3=O)C2)cc1OCCOC. The Morgan fingerprint density at radius 3 is 2.64 bits per heavy atom. The van der Waals surface area contributed by atoms with Gasteiger partial charge in [0.25, 0.3) is 0 Å². The van der Waals surface area contributed by atoms with Crippen LogP contribution in [0, 0.1) is 0 Å². The van der Waals surface area contributed by atoms with Gasteiger partial charge in [-0.05, 0) is 53.5 Å². The highest BCUT2D eigenvalue weighted by Gasteiger charge is 2.50. The highest BCUT2D eigenvalue weighted by Crippen LogP contribution is 2.45. The van der Waals surface area contributed by atoms with Crippen molar-refractivity contribution < 1.29 is 28.5 Å². The molecular formula is C37H42N6O6S. The standard InChI is InChI=1S/C37H42N6O6S/c1-46-13-15-48-32-8-7-24(17-33(32)49-16-14-47-2)21-40-11-10-26(22-40)41-23-34(44)43-31(37(41)45)19-29-28-5-3-4-6-30(28)39-35(29)36(43)25-9-12-42-27(18-25)20-38-50-42/h3-9,12,17-18,20,26,31,36,38-39H,10-11,13-16,19,21-23H2,1-2H3/t26-,31-,36-/m1/s1. The van der Waals surface area contributed by atoms with Gasteiger partial charge >= 0.3 is 0 Å². The van der Waals surface area contributed by atoms with Crippen molar-refractivity contribution in [2.45, 2.75) is 37.5 Å². The number of rotatable bonds is 12. The Bertz CT molecular complexity index is 1870. The number of aromatic amines is 1. The Morgan fingerprint density at radius 1 is 0.980 bits per heavy atom. The smallest absolute Gasteiger partial charge is 0.246 e. The van der Waals surface area contributed by atoms with Crippen LogP contribution in [0.3, 0.4) is 0 Å². The Morgan fingerprint density at radius 2 is 1.80 bits per heavy atom. The van der Waals surface area contributed by atoms with Gasteiger partial charge in [0.1, 0.15) is 25.8 Å². The molecule has 5 aliphatic heterocycles. The number of allylic oxidation sites excluding steroid dienone is 1. The lowest BCUT2D eigenvalue weighted by molar-refractivity contribution is -0.160. The van der Waals surface area contributed by atoms with Crippen molar-refractivity contribution >= 4 is 34.9 Å². The van der Waals surface area contributed by atoms with Crippen LogP contribution >= 0.6 is 12.1 Å². The average molecular weight is 699 g/mol. The molecule has 0 saturated carbocycles. The molecule has 2 N–H and O–H groups in total. The van der Waals surface area contributed by atoms with Gasteiger partial charge in [0.05, 0.1) is 37.1 Å². The van der Waals surface area contributed by atoms with Crippen molar-refractivity contribution in [3.63, 3.8) is 0 Å². The molecule has 13 heteroatoms. The zero-order valence-electron chi connectivity index (χ0n) is 28.3. The molecule has 0 bridgehead atoms. The summed E-state index contributed by atoms with van der Waals surface area (Å²) in [7, 11) is 3.29. The summed E-state index contributed by atoms with van der Waals surface area (Å²) >= 11 is 1.50. The van der Waals surface area contributed by atoms with E-state index in [1.54, 1.807) is 14.2 Å². The van der Waals surface area contributed by atoms with E-state index in [0.717, 1.165) is 52.0 Å². The fourth-order valence-electron chi connectivity index (χ4n) is 7.79. The van der Waals surface area contributed by atoms with Gasteiger partial charge in [-0.2, -0.15) is 0 Å².